The van der Waals surface area contributed by atoms with Crippen molar-refractivity contribution < 1.29 is 4.74 Å². The fraction of sp³-hybridized carbons (Fsp3) is 0.848. The van der Waals surface area contributed by atoms with Crippen molar-refractivity contribution in [2.75, 3.05) is 6.61 Å². The van der Waals surface area contributed by atoms with Gasteiger partial charge in [0, 0.05) is 17.3 Å². The third-order valence-corrected chi connectivity index (χ3v) is 14.3. The van der Waals surface area contributed by atoms with Gasteiger partial charge in [0.2, 0.25) is 0 Å². The molecule has 4 saturated carbocycles. The van der Waals surface area contributed by atoms with E-state index in [9.17, 15) is 0 Å². The molecule has 2 heterocycles. The molecule has 1 aromatic heterocycles. The van der Waals surface area contributed by atoms with E-state index in [1.807, 2.05) is 6.20 Å². The van der Waals surface area contributed by atoms with Gasteiger partial charge in [-0.05, 0) is 120 Å². The van der Waals surface area contributed by atoms with E-state index >= 15 is 0 Å². The minimum absolute atomic E-state index is 0.166. The second-order valence-corrected chi connectivity index (χ2v) is 16.2. The molecule has 5 aliphatic carbocycles. The molecule has 192 valence electrons. The summed E-state index contributed by atoms with van der Waals surface area (Å²) in [6.07, 6.45) is 15.0. The number of rotatable bonds is 0. The number of pyridine rings is 1. The van der Waals surface area contributed by atoms with Gasteiger partial charge in [0.15, 0.2) is 0 Å². The van der Waals surface area contributed by atoms with Crippen LogP contribution < -0.4 is 0 Å². The molecule has 9 atom stereocenters. The molecule has 0 aromatic carbocycles. The molecule has 2 bridgehead atoms. The van der Waals surface area contributed by atoms with E-state index in [1.165, 1.54) is 69.0 Å². The lowest BCUT2D eigenvalue weighted by Crippen LogP contribution is -2.67. The Morgan fingerprint density at radius 3 is 2.40 bits per heavy atom. The molecule has 1 saturated heterocycles. The van der Waals surface area contributed by atoms with E-state index in [-0.39, 0.29) is 5.41 Å². The summed E-state index contributed by atoms with van der Waals surface area (Å²) in [6, 6.07) is 4.58. The Balaban J connectivity index is 1.31. The lowest BCUT2D eigenvalue weighted by atomic mass is 9.31. The number of hydrogen-bond donors (Lipinski definition) is 0. The molecule has 2 nitrogen and oxygen atoms in total. The van der Waals surface area contributed by atoms with Crippen LogP contribution in [0.2, 0.25) is 0 Å². The fourth-order valence-corrected chi connectivity index (χ4v) is 12.5. The molecule has 0 spiro atoms. The lowest BCUT2D eigenvalue weighted by Gasteiger charge is -2.73. The van der Waals surface area contributed by atoms with Gasteiger partial charge in [-0.1, -0.05) is 54.5 Å². The Morgan fingerprint density at radius 2 is 1.60 bits per heavy atom. The minimum Gasteiger partial charge on any atom is -0.377 e. The van der Waals surface area contributed by atoms with E-state index < -0.39 is 0 Å². The number of hydrogen-bond acceptors (Lipinski definition) is 2. The lowest BCUT2D eigenvalue weighted by molar-refractivity contribution is -0.232. The van der Waals surface area contributed by atoms with Crippen molar-refractivity contribution in [3.63, 3.8) is 0 Å². The average molecular weight is 476 g/mol. The van der Waals surface area contributed by atoms with Crippen molar-refractivity contribution in [1.82, 2.24) is 4.98 Å². The van der Waals surface area contributed by atoms with E-state index in [4.69, 9.17) is 9.72 Å². The Hall–Kier alpha value is -0.890. The highest BCUT2D eigenvalue weighted by molar-refractivity contribution is 5.35. The van der Waals surface area contributed by atoms with Crippen molar-refractivity contribution in [2.45, 2.75) is 118 Å². The number of fused-ring (bicyclic) bond motifs is 6. The zero-order chi connectivity index (χ0) is 24.6. The Labute approximate surface area is 214 Å². The van der Waals surface area contributed by atoms with Crippen molar-refractivity contribution in [1.29, 1.82) is 0 Å². The Bertz CT molecular complexity index is 1060. The van der Waals surface area contributed by atoms with Crippen LogP contribution in [0.4, 0.5) is 0 Å². The van der Waals surface area contributed by atoms with Crippen LogP contribution in [0.15, 0.2) is 18.3 Å². The van der Waals surface area contributed by atoms with Crippen LogP contribution in [0, 0.1) is 50.7 Å². The largest absolute Gasteiger partial charge is 0.377 e. The summed E-state index contributed by atoms with van der Waals surface area (Å²) in [5, 5.41) is 0. The molecule has 0 unspecified atom stereocenters. The maximum Gasteiger partial charge on any atom is 0.0663 e. The molecule has 6 aliphatic rings. The van der Waals surface area contributed by atoms with Gasteiger partial charge in [0.1, 0.15) is 0 Å². The maximum absolute atomic E-state index is 6.76. The van der Waals surface area contributed by atoms with Crippen LogP contribution in [-0.2, 0) is 16.6 Å². The SMILES string of the molecule is CC1(C)CC[C@]23CC[C@]4(C)[C@H](CC[C@@H]5[C@@]6(C)Cc7cccnc7C(C)(C)[C@@H]6CC[C@]54C)[C@H]2[C@H]1OC3. The first kappa shape index (κ1) is 23.2. The summed E-state index contributed by atoms with van der Waals surface area (Å²) in [7, 11) is 0. The Kier molecular flexibility index (Phi) is 4.48. The van der Waals surface area contributed by atoms with Gasteiger partial charge >= 0.3 is 0 Å². The van der Waals surface area contributed by atoms with Gasteiger partial charge < -0.3 is 4.74 Å². The normalized spacial score (nSPS) is 52.9. The van der Waals surface area contributed by atoms with Crippen LogP contribution in [-0.4, -0.2) is 17.7 Å². The summed E-state index contributed by atoms with van der Waals surface area (Å²) in [5.74, 6) is 3.18. The zero-order valence-corrected chi connectivity index (χ0v) is 23.5. The summed E-state index contributed by atoms with van der Waals surface area (Å²) >= 11 is 0. The number of nitrogens with zero attached hydrogens (tertiary/aromatic N) is 1. The molecule has 7 rings (SSSR count). The van der Waals surface area contributed by atoms with E-state index in [1.54, 1.807) is 0 Å². The summed E-state index contributed by atoms with van der Waals surface area (Å²) in [6.45, 7) is 19.3. The van der Waals surface area contributed by atoms with Crippen LogP contribution in [0.5, 0.6) is 0 Å². The van der Waals surface area contributed by atoms with Gasteiger partial charge in [-0.2, -0.15) is 0 Å². The maximum atomic E-state index is 6.76. The van der Waals surface area contributed by atoms with Crippen LogP contribution in [0.1, 0.15) is 111 Å². The Morgan fingerprint density at radius 1 is 0.829 bits per heavy atom. The van der Waals surface area contributed by atoms with Gasteiger partial charge in [-0.25, -0.2) is 0 Å². The monoisotopic (exact) mass is 475 g/mol. The average Bonchev–Trinajstić information content (AvgIpc) is 3.13. The molecule has 35 heavy (non-hydrogen) atoms. The second-order valence-electron chi connectivity index (χ2n) is 16.2. The van der Waals surface area contributed by atoms with Crippen LogP contribution >= 0.6 is 0 Å². The number of ether oxygens (including phenoxy) is 1. The van der Waals surface area contributed by atoms with Gasteiger partial charge in [-0.15, -0.1) is 0 Å². The smallest absolute Gasteiger partial charge is 0.0663 e. The molecule has 5 fully saturated rings. The van der Waals surface area contributed by atoms with Crippen molar-refractivity contribution in [3.8, 4) is 0 Å². The molecule has 0 N–H and O–H groups in total. The predicted octanol–water partition coefficient (Wildman–Crippen LogP) is 7.99. The van der Waals surface area contributed by atoms with E-state index in [0.29, 0.717) is 33.2 Å². The van der Waals surface area contributed by atoms with Crippen LogP contribution in [0.25, 0.3) is 0 Å². The second kappa shape index (κ2) is 6.75. The topological polar surface area (TPSA) is 22.1 Å². The number of aromatic nitrogens is 1. The standard InChI is InChI=1S/C33H49NO/c1-28(2)14-16-33-17-15-31(6)22(25(33)27(28)35-20-33)10-11-24-30(5)19-21-9-8-18-34-26(21)29(3,4)23(30)12-13-32(24,31)7/h8-9,18,22-25,27H,10-17,19-20H2,1-7H3/t22-,23+,24-,25+,27-,30+,31-,32-,33-/m1/s1. The van der Waals surface area contributed by atoms with E-state index in [0.717, 1.165) is 30.3 Å². The summed E-state index contributed by atoms with van der Waals surface area (Å²) in [5.41, 5.74) is 5.17. The third kappa shape index (κ3) is 2.60. The molecule has 2 heteroatoms. The van der Waals surface area contributed by atoms with Gasteiger partial charge in [0.05, 0.1) is 12.7 Å². The predicted molar refractivity (Wildman–Crippen MR) is 142 cm³/mol. The molecule has 0 amide bonds. The van der Waals surface area contributed by atoms with Crippen LogP contribution in [0.3, 0.4) is 0 Å². The van der Waals surface area contributed by atoms with Crippen molar-refractivity contribution in [3.05, 3.63) is 29.6 Å². The third-order valence-electron chi connectivity index (χ3n) is 14.3. The molecule has 1 aliphatic heterocycles. The van der Waals surface area contributed by atoms with Crippen molar-refractivity contribution >= 4 is 0 Å². The van der Waals surface area contributed by atoms with Crippen molar-refractivity contribution in [2.24, 2.45) is 50.7 Å². The summed E-state index contributed by atoms with van der Waals surface area (Å²) in [4.78, 5) is 4.96. The highest BCUT2D eigenvalue weighted by Crippen LogP contribution is 2.77. The van der Waals surface area contributed by atoms with E-state index in [2.05, 4.69) is 60.6 Å². The molecule has 1 aromatic rings. The first-order chi connectivity index (χ1) is 16.4. The first-order valence-corrected chi connectivity index (χ1v) is 15.0. The van der Waals surface area contributed by atoms with Gasteiger partial charge in [-0.3, -0.25) is 4.98 Å². The highest BCUT2D eigenvalue weighted by atomic mass is 16.5. The molecular weight excluding hydrogens is 426 g/mol. The first-order valence-electron chi connectivity index (χ1n) is 15.0. The fourth-order valence-electron chi connectivity index (χ4n) is 12.5. The quantitative estimate of drug-likeness (QED) is 0.379. The zero-order valence-electron chi connectivity index (χ0n) is 23.5. The van der Waals surface area contributed by atoms with Gasteiger partial charge in [0.25, 0.3) is 0 Å². The highest BCUT2D eigenvalue weighted by Gasteiger charge is 2.72. The molecule has 0 radical (unpaired) electrons. The summed E-state index contributed by atoms with van der Waals surface area (Å²) < 4.78 is 6.76. The molecular formula is C33H49NO. The minimum atomic E-state index is 0.166.